The predicted molar refractivity (Wildman–Crippen MR) is 100.0 cm³/mol. The molecule has 4 nitrogen and oxygen atoms in total. The summed E-state index contributed by atoms with van der Waals surface area (Å²) in [7, 11) is 2.01. The molecule has 2 aromatic carbocycles. The Bertz CT molecular complexity index is 1040. The van der Waals surface area contributed by atoms with Crippen molar-refractivity contribution in [2.24, 2.45) is 12.8 Å². The summed E-state index contributed by atoms with van der Waals surface area (Å²) in [5, 5.41) is 0.930. The highest BCUT2D eigenvalue weighted by molar-refractivity contribution is 5.91. The Morgan fingerprint density at radius 2 is 2.00 bits per heavy atom. The van der Waals surface area contributed by atoms with Gasteiger partial charge in [-0.15, -0.1) is 0 Å². The molecule has 3 N–H and O–H groups in total. The summed E-state index contributed by atoms with van der Waals surface area (Å²) in [5.74, 6) is 0.656. The van der Waals surface area contributed by atoms with Crippen LogP contribution in [0, 0.1) is 5.82 Å². The molecule has 0 bridgehead atoms. The van der Waals surface area contributed by atoms with Crippen molar-refractivity contribution >= 4 is 21.9 Å². The zero-order valence-electron chi connectivity index (χ0n) is 14.2. The number of nitrogens with one attached hydrogen (secondary N) is 1. The van der Waals surface area contributed by atoms with Gasteiger partial charge in [0.05, 0.1) is 16.7 Å². The van der Waals surface area contributed by atoms with Gasteiger partial charge in [0.1, 0.15) is 5.82 Å². The van der Waals surface area contributed by atoms with Gasteiger partial charge in [0.2, 0.25) is 0 Å². The molecule has 5 heteroatoms. The summed E-state index contributed by atoms with van der Waals surface area (Å²) in [5.41, 5.74) is 10.7. The normalized spacial score (nSPS) is 11.6. The minimum atomic E-state index is -0.219. The molecule has 0 spiro atoms. The SMILES string of the molecule is Cn1c(-c2[nH]c3ccc(F)cc3c2CCCCN)nc2ccccc21. The Hall–Kier alpha value is -2.66. The minimum Gasteiger partial charge on any atom is -0.352 e. The van der Waals surface area contributed by atoms with E-state index in [9.17, 15) is 4.39 Å². The van der Waals surface area contributed by atoms with E-state index in [1.165, 1.54) is 6.07 Å². The maximum Gasteiger partial charge on any atom is 0.157 e. The highest BCUT2D eigenvalue weighted by atomic mass is 19.1. The summed E-state index contributed by atoms with van der Waals surface area (Å²) in [6.45, 7) is 0.665. The van der Waals surface area contributed by atoms with Crippen LogP contribution in [-0.4, -0.2) is 21.1 Å². The van der Waals surface area contributed by atoms with E-state index in [2.05, 4.69) is 15.6 Å². The second-order valence-corrected chi connectivity index (χ2v) is 6.40. The quantitative estimate of drug-likeness (QED) is 0.538. The van der Waals surface area contributed by atoms with Crippen molar-refractivity contribution in [3.63, 3.8) is 0 Å². The number of aromatic amines is 1. The molecule has 0 aliphatic rings. The Labute approximate surface area is 145 Å². The van der Waals surface area contributed by atoms with Gasteiger partial charge in [-0.05, 0) is 61.7 Å². The third-order valence-corrected chi connectivity index (χ3v) is 4.76. The maximum atomic E-state index is 13.8. The fraction of sp³-hybridized carbons (Fsp3) is 0.250. The number of imidazole rings is 1. The standard InChI is InChI=1S/C20H21FN4/c1-25-18-8-3-2-7-17(18)24-20(25)19-14(6-4-5-11-22)15-12-13(21)9-10-16(15)23-19/h2-3,7-10,12,23H,4-6,11,22H2,1H3. The molecule has 25 heavy (non-hydrogen) atoms. The Morgan fingerprint density at radius 3 is 2.80 bits per heavy atom. The lowest BCUT2D eigenvalue weighted by Gasteiger charge is -2.05. The summed E-state index contributed by atoms with van der Waals surface area (Å²) in [6.07, 6.45) is 2.76. The number of aromatic nitrogens is 3. The largest absolute Gasteiger partial charge is 0.352 e. The number of rotatable bonds is 5. The number of halogens is 1. The van der Waals surface area contributed by atoms with Crippen LogP contribution in [0.15, 0.2) is 42.5 Å². The van der Waals surface area contributed by atoms with Crippen molar-refractivity contribution in [2.45, 2.75) is 19.3 Å². The van der Waals surface area contributed by atoms with Crippen LogP contribution in [0.1, 0.15) is 18.4 Å². The molecular formula is C20H21FN4. The van der Waals surface area contributed by atoms with Crippen molar-refractivity contribution in [1.29, 1.82) is 0 Å². The van der Waals surface area contributed by atoms with Gasteiger partial charge in [-0.3, -0.25) is 0 Å². The number of hydrogen-bond acceptors (Lipinski definition) is 2. The third-order valence-electron chi connectivity index (χ3n) is 4.76. The average Bonchev–Trinajstić information content (AvgIpc) is 3.13. The monoisotopic (exact) mass is 336 g/mol. The van der Waals surface area contributed by atoms with Crippen LogP contribution >= 0.6 is 0 Å². The molecule has 0 aliphatic heterocycles. The zero-order chi connectivity index (χ0) is 17.4. The molecule has 128 valence electrons. The van der Waals surface area contributed by atoms with Crippen LogP contribution in [0.4, 0.5) is 4.39 Å². The number of fused-ring (bicyclic) bond motifs is 2. The zero-order valence-corrected chi connectivity index (χ0v) is 14.2. The van der Waals surface area contributed by atoms with Crippen molar-refractivity contribution in [3.05, 3.63) is 53.8 Å². The molecule has 0 saturated heterocycles. The van der Waals surface area contributed by atoms with E-state index in [1.807, 2.05) is 25.2 Å². The summed E-state index contributed by atoms with van der Waals surface area (Å²) >= 11 is 0. The highest BCUT2D eigenvalue weighted by Crippen LogP contribution is 2.33. The molecule has 0 unspecified atom stereocenters. The second kappa shape index (κ2) is 6.33. The molecule has 2 heterocycles. The summed E-state index contributed by atoms with van der Waals surface area (Å²) in [4.78, 5) is 8.26. The van der Waals surface area contributed by atoms with Gasteiger partial charge < -0.3 is 15.3 Å². The van der Waals surface area contributed by atoms with Crippen molar-refractivity contribution in [1.82, 2.24) is 14.5 Å². The molecule has 0 aliphatic carbocycles. The topological polar surface area (TPSA) is 59.6 Å². The Kier molecular flexibility index (Phi) is 4.01. The molecule has 0 fully saturated rings. The van der Waals surface area contributed by atoms with E-state index in [-0.39, 0.29) is 5.82 Å². The molecule has 2 aromatic heterocycles. The third kappa shape index (κ3) is 2.70. The average molecular weight is 336 g/mol. The molecule has 0 radical (unpaired) electrons. The molecular weight excluding hydrogens is 315 g/mol. The number of unbranched alkanes of at least 4 members (excludes halogenated alkanes) is 1. The Balaban J connectivity index is 1.92. The number of aryl methyl sites for hydroxylation is 2. The first-order valence-corrected chi connectivity index (χ1v) is 8.61. The maximum absolute atomic E-state index is 13.8. The van der Waals surface area contributed by atoms with Gasteiger partial charge in [0.25, 0.3) is 0 Å². The van der Waals surface area contributed by atoms with Crippen LogP contribution in [-0.2, 0) is 13.5 Å². The van der Waals surface area contributed by atoms with E-state index in [0.29, 0.717) is 6.54 Å². The van der Waals surface area contributed by atoms with E-state index >= 15 is 0 Å². The molecule has 0 amide bonds. The van der Waals surface area contributed by atoms with Gasteiger partial charge >= 0.3 is 0 Å². The lowest BCUT2D eigenvalue weighted by atomic mass is 10.0. The highest BCUT2D eigenvalue weighted by Gasteiger charge is 2.18. The molecule has 0 saturated carbocycles. The second-order valence-electron chi connectivity index (χ2n) is 6.40. The number of para-hydroxylation sites is 2. The van der Waals surface area contributed by atoms with Crippen LogP contribution in [0.25, 0.3) is 33.5 Å². The fourth-order valence-corrected chi connectivity index (χ4v) is 3.49. The van der Waals surface area contributed by atoms with Gasteiger partial charge in [-0.1, -0.05) is 12.1 Å². The number of hydrogen-bond donors (Lipinski definition) is 2. The van der Waals surface area contributed by atoms with Crippen LogP contribution in [0.2, 0.25) is 0 Å². The number of benzene rings is 2. The number of nitrogens with zero attached hydrogens (tertiary/aromatic N) is 2. The Morgan fingerprint density at radius 1 is 1.16 bits per heavy atom. The smallest absolute Gasteiger partial charge is 0.157 e. The molecule has 4 aromatic rings. The van der Waals surface area contributed by atoms with Gasteiger partial charge in [0, 0.05) is 18.0 Å². The summed E-state index contributed by atoms with van der Waals surface area (Å²) < 4.78 is 15.9. The summed E-state index contributed by atoms with van der Waals surface area (Å²) in [6, 6.07) is 13.0. The van der Waals surface area contributed by atoms with Crippen molar-refractivity contribution < 1.29 is 4.39 Å². The first-order valence-electron chi connectivity index (χ1n) is 8.61. The van der Waals surface area contributed by atoms with E-state index < -0.39 is 0 Å². The van der Waals surface area contributed by atoms with Gasteiger partial charge in [-0.2, -0.15) is 0 Å². The van der Waals surface area contributed by atoms with Crippen molar-refractivity contribution in [2.75, 3.05) is 6.54 Å². The van der Waals surface area contributed by atoms with E-state index in [0.717, 1.165) is 58.3 Å². The lowest BCUT2D eigenvalue weighted by Crippen LogP contribution is -2.00. The molecule has 4 rings (SSSR count). The van der Waals surface area contributed by atoms with Gasteiger partial charge in [0.15, 0.2) is 5.82 Å². The van der Waals surface area contributed by atoms with Crippen LogP contribution < -0.4 is 5.73 Å². The number of nitrogens with two attached hydrogens (primary N) is 1. The lowest BCUT2D eigenvalue weighted by molar-refractivity contribution is 0.629. The fourth-order valence-electron chi connectivity index (χ4n) is 3.49. The molecule has 0 atom stereocenters. The van der Waals surface area contributed by atoms with Gasteiger partial charge in [-0.25, -0.2) is 9.37 Å². The number of H-pyrrole nitrogens is 1. The van der Waals surface area contributed by atoms with E-state index in [4.69, 9.17) is 10.7 Å². The predicted octanol–water partition coefficient (Wildman–Crippen LogP) is 4.14. The van der Waals surface area contributed by atoms with Crippen LogP contribution in [0.3, 0.4) is 0 Å². The van der Waals surface area contributed by atoms with E-state index in [1.54, 1.807) is 12.1 Å². The van der Waals surface area contributed by atoms with Crippen molar-refractivity contribution in [3.8, 4) is 11.5 Å². The first kappa shape index (κ1) is 15.8. The minimum absolute atomic E-state index is 0.219. The van der Waals surface area contributed by atoms with Crippen LogP contribution in [0.5, 0.6) is 0 Å². The first-order chi connectivity index (χ1) is 12.2.